The van der Waals surface area contributed by atoms with Crippen LogP contribution in [0.5, 0.6) is 0 Å². The third-order valence-corrected chi connectivity index (χ3v) is 3.85. The van der Waals surface area contributed by atoms with Gasteiger partial charge in [0.15, 0.2) is 0 Å². The Balaban J connectivity index is 1.77. The molecule has 1 aromatic carbocycles. The predicted molar refractivity (Wildman–Crippen MR) is 74.4 cm³/mol. The maximum atomic E-state index is 6.13. The van der Waals surface area contributed by atoms with Gasteiger partial charge in [0.1, 0.15) is 0 Å². The van der Waals surface area contributed by atoms with Gasteiger partial charge in [0, 0.05) is 15.5 Å². The molecule has 1 fully saturated rings. The molecule has 0 aromatic heterocycles. The first-order valence-electron chi connectivity index (χ1n) is 6.01. The van der Waals surface area contributed by atoms with Crippen molar-refractivity contribution in [1.82, 2.24) is 5.32 Å². The van der Waals surface area contributed by atoms with Gasteiger partial charge in [0.2, 0.25) is 0 Å². The van der Waals surface area contributed by atoms with Gasteiger partial charge in [-0.1, -0.05) is 40.0 Å². The van der Waals surface area contributed by atoms with Crippen LogP contribution in [0.4, 0.5) is 0 Å². The summed E-state index contributed by atoms with van der Waals surface area (Å²) in [5, 5.41) is 4.22. The van der Waals surface area contributed by atoms with Gasteiger partial charge in [0.25, 0.3) is 0 Å². The van der Waals surface area contributed by atoms with E-state index in [1.165, 1.54) is 19.3 Å². The Bertz CT molecular complexity index is 366. The number of rotatable bonds is 4. The number of benzene rings is 1. The molecule has 1 aromatic rings. The quantitative estimate of drug-likeness (QED) is 0.912. The van der Waals surface area contributed by atoms with Gasteiger partial charge in [0.05, 0.1) is 13.2 Å². The molecule has 0 aliphatic carbocycles. The van der Waals surface area contributed by atoms with E-state index in [4.69, 9.17) is 16.3 Å². The van der Waals surface area contributed by atoms with Crippen LogP contribution in [-0.2, 0) is 11.3 Å². The highest BCUT2D eigenvalue weighted by molar-refractivity contribution is 9.10. The monoisotopic (exact) mass is 317 g/mol. The zero-order chi connectivity index (χ0) is 12.1. The molecule has 1 unspecified atom stereocenters. The number of piperidine rings is 1. The van der Waals surface area contributed by atoms with Gasteiger partial charge < -0.3 is 10.1 Å². The van der Waals surface area contributed by atoms with Gasteiger partial charge in [-0.2, -0.15) is 0 Å². The molecular weight excluding hydrogens is 302 g/mol. The van der Waals surface area contributed by atoms with Crippen molar-refractivity contribution in [2.75, 3.05) is 13.2 Å². The van der Waals surface area contributed by atoms with E-state index in [0.717, 1.165) is 28.2 Å². The van der Waals surface area contributed by atoms with Gasteiger partial charge in [-0.25, -0.2) is 0 Å². The van der Waals surface area contributed by atoms with E-state index < -0.39 is 0 Å². The minimum absolute atomic E-state index is 0.512. The highest BCUT2D eigenvalue weighted by Crippen LogP contribution is 2.22. The van der Waals surface area contributed by atoms with Crippen molar-refractivity contribution in [3.8, 4) is 0 Å². The van der Waals surface area contributed by atoms with E-state index in [0.29, 0.717) is 12.6 Å². The van der Waals surface area contributed by atoms with Crippen LogP contribution in [0.1, 0.15) is 24.8 Å². The second-order valence-electron chi connectivity index (χ2n) is 4.40. The van der Waals surface area contributed by atoms with Crippen LogP contribution in [0.2, 0.25) is 5.02 Å². The van der Waals surface area contributed by atoms with Crippen molar-refractivity contribution in [3.63, 3.8) is 0 Å². The summed E-state index contributed by atoms with van der Waals surface area (Å²) in [6.45, 7) is 2.48. The van der Waals surface area contributed by atoms with Crippen molar-refractivity contribution in [2.24, 2.45) is 0 Å². The molecule has 1 N–H and O–H groups in total. The fourth-order valence-electron chi connectivity index (χ4n) is 2.02. The molecule has 0 bridgehead atoms. The lowest BCUT2D eigenvalue weighted by Gasteiger charge is -2.23. The maximum absolute atomic E-state index is 6.13. The molecule has 1 heterocycles. The van der Waals surface area contributed by atoms with Gasteiger partial charge >= 0.3 is 0 Å². The first kappa shape index (κ1) is 13.3. The van der Waals surface area contributed by atoms with Crippen molar-refractivity contribution in [1.29, 1.82) is 0 Å². The summed E-state index contributed by atoms with van der Waals surface area (Å²) in [6.07, 6.45) is 3.81. The molecule has 0 saturated carbocycles. The Morgan fingerprint density at radius 3 is 3.00 bits per heavy atom. The van der Waals surface area contributed by atoms with Crippen LogP contribution in [0.3, 0.4) is 0 Å². The van der Waals surface area contributed by atoms with Crippen molar-refractivity contribution >= 4 is 27.5 Å². The first-order valence-corrected chi connectivity index (χ1v) is 7.18. The number of halogens is 2. The molecule has 1 aliphatic rings. The van der Waals surface area contributed by atoms with Crippen LogP contribution in [0.15, 0.2) is 22.7 Å². The number of hydrogen-bond acceptors (Lipinski definition) is 2. The molecular formula is C13H17BrClNO. The predicted octanol–water partition coefficient (Wildman–Crippen LogP) is 3.76. The third kappa shape index (κ3) is 4.25. The van der Waals surface area contributed by atoms with Crippen molar-refractivity contribution in [3.05, 3.63) is 33.3 Å². The van der Waals surface area contributed by atoms with Crippen LogP contribution < -0.4 is 5.32 Å². The Hall–Kier alpha value is -0.0900. The van der Waals surface area contributed by atoms with Crippen molar-refractivity contribution < 1.29 is 4.74 Å². The summed E-state index contributed by atoms with van der Waals surface area (Å²) in [5.74, 6) is 0. The Morgan fingerprint density at radius 2 is 2.29 bits per heavy atom. The van der Waals surface area contributed by atoms with E-state index in [2.05, 4.69) is 21.2 Å². The summed E-state index contributed by atoms with van der Waals surface area (Å²) >= 11 is 9.52. The summed E-state index contributed by atoms with van der Waals surface area (Å²) in [4.78, 5) is 0. The van der Waals surface area contributed by atoms with Gasteiger partial charge in [-0.3, -0.25) is 0 Å². The summed E-state index contributed by atoms with van der Waals surface area (Å²) < 4.78 is 6.72. The number of hydrogen-bond donors (Lipinski definition) is 1. The Labute approximate surface area is 116 Å². The van der Waals surface area contributed by atoms with E-state index in [9.17, 15) is 0 Å². The lowest BCUT2D eigenvalue weighted by atomic mass is 10.1. The minimum atomic E-state index is 0.512. The SMILES string of the molecule is Clc1cc(Br)ccc1COCC1CCCCN1. The highest BCUT2D eigenvalue weighted by atomic mass is 79.9. The second-order valence-corrected chi connectivity index (χ2v) is 5.72. The maximum Gasteiger partial charge on any atom is 0.0732 e. The van der Waals surface area contributed by atoms with Gasteiger partial charge in [-0.05, 0) is 37.1 Å². The van der Waals surface area contributed by atoms with E-state index in [-0.39, 0.29) is 0 Å². The second kappa shape index (κ2) is 6.74. The lowest BCUT2D eigenvalue weighted by molar-refractivity contribution is 0.0912. The fourth-order valence-corrected chi connectivity index (χ4v) is 2.74. The van der Waals surface area contributed by atoms with E-state index >= 15 is 0 Å². The van der Waals surface area contributed by atoms with E-state index in [1.807, 2.05) is 18.2 Å². The van der Waals surface area contributed by atoms with Crippen LogP contribution in [0, 0.1) is 0 Å². The van der Waals surface area contributed by atoms with E-state index in [1.54, 1.807) is 0 Å². The molecule has 17 heavy (non-hydrogen) atoms. The summed E-state index contributed by atoms with van der Waals surface area (Å²) in [6, 6.07) is 6.40. The molecule has 1 aliphatic heterocycles. The number of nitrogens with one attached hydrogen (secondary N) is 1. The number of ether oxygens (including phenoxy) is 1. The lowest BCUT2D eigenvalue weighted by Crippen LogP contribution is -2.37. The van der Waals surface area contributed by atoms with Gasteiger partial charge in [-0.15, -0.1) is 0 Å². The Morgan fingerprint density at radius 1 is 1.41 bits per heavy atom. The normalized spacial score (nSPS) is 20.5. The topological polar surface area (TPSA) is 21.3 Å². The highest BCUT2D eigenvalue weighted by Gasteiger charge is 2.12. The molecule has 0 radical (unpaired) electrons. The van der Waals surface area contributed by atoms with Crippen LogP contribution in [0.25, 0.3) is 0 Å². The fraction of sp³-hybridized carbons (Fsp3) is 0.538. The average Bonchev–Trinajstić information content (AvgIpc) is 2.33. The molecule has 2 nitrogen and oxygen atoms in total. The first-order chi connectivity index (χ1) is 8.25. The smallest absolute Gasteiger partial charge is 0.0732 e. The standard InChI is InChI=1S/C13H17BrClNO/c14-11-5-4-10(13(15)7-11)8-17-9-12-3-1-2-6-16-12/h4-5,7,12,16H,1-3,6,8-9H2. The molecule has 0 amide bonds. The summed E-state index contributed by atoms with van der Waals surface area (Å²) in [5.41, 5.74) is 1.05. The van der Waals surface area contributed by atoms with Crippen LogP contribution in [-0.4, -0.2) is 19.2 Å². The molecule has 94 valence electrons. The molecule has 1 saturated heterocycles. The molecule has 0 spiro atoms. The van der Waals surface area contributed by atoms with Crippen LogP contribution >= 0.6 is 27.5 Å². The minimum Gasteiger partial charge on any atom is -0.375 e. The zero-order valence-electron chi connectivity index (χ0n) is 9.72. The molecule has 4 heteroatoms. The largest absolute Gasteiger partial charge is 0.375 e. The average molecular weight is 319 g/mol. The summed E-state index contributed by atoms with van der Waals surface area (Å²) in [7, 11) is 0. The molecule has 1 atom stereocenters. The third-order valence-electron chi connectivity index (χ3n) is 3.00. The Kier molecular flexibility index (Phi) is 5.29. The zero-order valence-corrected chi connectivity index (χ0v) is 12.1. The van der Waals surface area contributed by atoms with Crippen molar-refractivity contribution in [2.45, 2.75) is 31.9 Å². The molecule has 2 rings (SSSR count).